The third-order valence-electron chi connectivity index (χ3n) is 3.62. The Morgan fingerprint density at radius 3 is 2.43 bits per heavy atom. The van der Waals surface area contributed by atoms with Crippen molar-refractivity contribution in [2.45, 2.75) is 24.8 Å². The van der Waals surface area contributed by atoms with Gasteiger partial charge in [0.05, 0.1) is 12.0 Å². The van der Waals surface area contributed by atoms with Crippen molar-refractivity contribution in [1.82, 2.24) is 15.4 Å². The Balaban J connectivity index is 1.70. The Bertz CT molecular complexity index is 624. The summed E-state index contributed by atoms with van der Waals surface area (Å²) in [5.74, 6) is 0.0618. The van der Waals surface area contributed by atoms with E-state index >= 15 is 0 Å². The van der Waals surface area contributed by atoms with Gasteiger partial charge in [0, 0.05) is 12.4 Å². The maximum absolute atomic E-state index is 11.1. The van der Waals surface area contributed by atoms with Crippen LogP contribution >= 0.6 is 0 Å². The second kappa shape index (κ2) is 5.49. The van der Waals surface area contributed by atoms with Crippen molar-refractivity contribution in [1.29, 1.82) is 0 Å². The first-order valence-electron chi connectivity index (χ1n) is 6.79. The van der Waals surface area contributed by atoms with Crippen molar-refractivity contribution in [3.05, 3.63) is 53.9 Å². The number of amides is 1. The molecular formula is C15H16N4O2. The van der Waals surface area contributed by atoms with Gasteiger partial charge in [-0.05, 0) is 24.0 Å². The summed E-state index contributed by atoms with van der Waals surface area (Å²) in [5.41, 5.74) is 3.41. The highest BCUT2D eigenvalue weighted by atomic mass is 16.5. The lowest BCUT2D eigenvalue weighted by molar-refractivity contribution is -0.128. The van der Waals surface area contributed by atoms with Crippen LogP contribution in [0.5, 0.6) is 0 Å². The summed E-state index contributed by atoms with van der Waals surface area (Å²) >= 11 is 0. The normalized spacial score (nSPS) is 15.3. The summed E-state index contributed by atoms with van der Waals surface area (Å²) in [6, 6.07) is 10.2. The van der Waals surface area contributed by atoms with Gasteiger partial charge in [0.25, 0.3) is 0 Å². The topological polar surface area (TPSA) is 87.1 Å². The standard InChI is InChI=1S/C15H16N4O2/c20-13(19-21)8-11-9-16-14(17-10-11)18-15(6-7-15)12-4-2-1-3-5-12/h1-5,9-10,21H,6-8H2,(H,19,20)(H,16,17,18). The van der Waals surface area contributed by atoms with E-state index in [4.69, 9.17) is 5.21 Å². The molecule has 0 spiro atoms. The first-order chi connectivity index (χ1) is 10.2. The molecule has 3 rings (SSSR count). The summed E-state index contributed by atoms with van der Waals surface area (Å²) in [4.78, 5) is 19.5. The number of hydrogen-bond donors (Lipinski definition) is 3. The molecule has 1 aliphatic carbocycles. The van der Waals surface area contributed by atoms with Crippen LogP contribution < -0.4 is 10.8 Å². The minimum Gasteiger partial charge on any atom is -0.345 e. The Kier molecular flexibility index (Phi) is 3.53. The van der Waals surface area contributed by atoms with Crippen LogP contribution in [0.15, 0.2) is 42.7 Å². The van der Waals surface area contributed by atoms with Crippen molar-refractivity contribution in [2.75, 3.05) is 5.32 Å². The first kappa shape index (κ1) is 13.5. The van der Waals surface area contributed by atoms with E-state index in [1.165, 1.54) is 5.56 Å². The number of hydroxylamine groups is 1. The van der Waals surface area contributed by atoms with Gasteiger partial charge in [-0.3, -0.25) is 10.0 Å². The van der Waals surface area contributed by atoms with Gasteiger partial charge in [-0.15, -0.1) is 0 Å². The largest absolute Gasteiger partial charge is 0.345 e. The average molecular weight is 284 g/mol. The molecule has 0 radical (unpaired) electrons. The lowest BCUT2D eigenvalue weighted by Crippen LogP contribution is -2.22. The minimum absolute atomic E-state index is 0.0562. The molecule has 6 nitrogen and oxygen atoms in total. The lowest BCUT2D eigenvalue weighted by Gasteiger charge is -2.17. The highest BCUT2D eigenvalue weighted by Crippen LogP contribution is 2.47. The summed E-state index contributed by atoms with van der Waals surface area (Å²) < 4.78 is 0. The molecule has 0 aliphatic heterocycles. The Labute approximate surface area is 122 Å². The summed E-state index contributed by atoms with van der Waals surface area (Å²) in [7, 11) is 0. The molecule has 1 fully saturated rings. The predicted molar refractivity (Wildman–Crippen MR) is 76.6 cm³/mol. The third kappa shape index (κ3) is 3.00. The molecule has 1 aromatic carbocycles. The monoisotopic (exact) mass is 284 g/mol. The van der Waals surface area contributed by atoms with Crippen LogP contribution in [0.4, 0.5) is 5.95 Å². The predicted octanol–water partition coefficient (Wildman–Crippen LogP) is 1.63. The molecule has 1 amide bonds. The van der Waals surface area contributed by atoms with Gasteiger partial charge >= 0.3 is 0 Å². The van der Waals surface area contributed by atoms with Gasteiger partial charge in [-0.2, -0.15) is 0 Å². The van der Waals surface area contributed by atoms with Crippen molar-refractivity contribution in [3.63, 3.8) is 0 Å². The highest BCUT2D eigenvalue weighted by molar-refractivity contribution is 5.77. The van der Waals surface area contributed by atoms with Crippen molar-refractivity contribution in [2.24, 2.45) is 0 Å². The SMILES string of the molecule is O=C(Cc1cnc(NC2(c3ccccc3)CC2)nc1)NO. The van der Waals surface area contributed by atoms with E-state index in [1.807, 2.05) is 18.2 Å². The van der Waals surface area contributed by atoms with Gasteiger partial charge in [-0.25, -0.2) is 15.4 Å². The second-order valence-electron chi connectivity index (χ2n) is 5.20. The summed E-state index contributed by atoms with van der Waals surface area (Å²) in [6.45, 7) is 0. The summed E-state index contributed by atoms with van der Waals surface area (Å²) in [5, 5.41) is 11.9. The molecule has 0 bridgehead atoms. The Morgan fingerprint density at radius 1 is 1.19 bits per heavy atom. The van der Waals surface area contributed by atoms with E-state index in [2.05, 4.69) is 27.4 Å². The van der Waals surface area contributed by atoms with Crippen molar-refractivity contribution < 1.29 is 10.0 Å². The van der Waals surface area contributed by atoms with Gasteiger partial charge in [-0.1, -0.05) is 30.3 Å². The van der Waals surface area contributed by atoms with E-state index in [9.17, 15) is 4.79 Å². The quantitative estimate of drug-likeness (QED) is 0.574. The molecule has 6 heteroatoms. The molecule has 3 N–H and O–H groups in total. The van der Waals surface area contributed by atoms with Crippen molar-refractivity contribution >= 4 is 11.9 Å². The zero-order valence-corrected chi connectivity index (χ0v) is 11.4. The van der Waals surface area contributed by atoms with Gasteiger partial charge in [0.2, 0.25) is 11.9 Å². The van der Waals surface area contributed by atoms with E-state index < -0.39 is 5.91 Å². The first-order valence-corrected chi connectivity index (χ1v) is 6.79. The number of carbonyl (C=O) groups excluding carboxylic acids is 1. The van der Waals surface area contributed by atoms with Crippen LogP contribution in [0.3, 0.4) is 0 Å². The fourth-order valence-corrected chi connectivity index (χ4v) is 2.32. The number of carbonyl (C=O) groups is 1. The molecule has 0 saturated heterocycles. The van der Waals surface area contributed by atoms with Crippen molar-refractivity contribution in [3.8, 4) is 0 Å². The zero-order valence-electron chi connectivity index (χ0n) is 11.4. The van der Waals surface area contributed by atoms with Crippen LogP contribution in [0.1, 0.15) is 24.0 Å². The van der Waals surface area contributed by atoms with Crippen LogP contribution in [-0.4, -0.2) is 21.1 Å². The maximum Gasteiger partial charge on any atom is 0.247 e. The minimum atomic E-state index is -0.484. The third-order valence-corrected chi connectivity index (χ3v) is 3.62. The molecule has 21 heavy (non-hydrogen) atoms. The Morgan fingerprint density at radius 2 is 1.86 bits per heavy atom. The van der Waals surface area contributed by atoms with E-state index in [0.717, 1.165) is 12.8 Å². The smallest absolute Gasteiger partial charge is 0.247 e. The number of nitrogens with zero attached hydrogens (tertiary/aromatic N) is 2. The second-order valence-corrected chi connectivity index (χ2v) is 5.20. The van der Waals surface area contributed by atoms with Gasteiger partial charge in [0.1, 0.15) is 0 Å². The Hall–Kier alpha value is -2.47. The van der Waals surface area contributed by atoms with E-state index in [0.29, 0.717) is 11.5 Å². The number of rotatable bonds is 5. The molecule has 2 aromatic rings. The zero-order chi connectivity index (χ0) is 14.7. The number of nitrogens with one attached hydrogen (secondary N) is 2. The molecule has 0 unspecified atom stereocenters. The molecule has 1 aromatic heterocycles. The molecule has 1 saturated carbocycles. The van der Waals surface area contributed by atoms with Crippen LogP contribution in [0, 0.1) is 0 Å². The molecule has 1 aliphatic rings. The number of anilines is 1. The number of hydrogen-bond acceptors (Lipinski definition) is 5. The average Bonchev–Trinajstić information content (AvgIpc) is 3.31. The van der Waals surface area contributed by atoms with E-state index in [1.54, 1.807) is 17.9 Å². The van der Waals surface area contributed by atoms with Gasteiger partial charge in [0.15, 0.2) is 0 Å². The van der Waals surface area contributed by atoms with Crippen LogP contribution in [0.25, 0.3) is 0 Å². The molecule has 1 heterocycles. The fourth-order valence-electron chi connectivity index (χ4n) is 2.32. The number of aromatic nitrogens is 2. The van der Waals surface area contributed by atoms with Crippen LogP contribution in [-0.2, 0) is 16.8 Å². The molecular weight excluding hydrogens is 268 g/mol. The molecule has 108 valence electrons. The van der Waals surface area contributed by atoms with Gasteiger partial charge < -0.3 is 5.32 Å². The maximum atomic E-state index is 11.1. The fraction of sp³-hybridized carbons (Fsp3) is 0.267. The van der Waals surface area contributed by atoms with E-state index in [-0.39, 0.29) is 12.0 Å². The highest BCUT2D eigenvalue weighted by Gasteiger charge is 2.44. The summed E-state index contributed by atoms with van der Waals surface area (Å²) in [6.07, 6.45) is 5.34. The molecule has 0 atom stereocenters. The number of benzene rings is 1. The van der Waals surface area contributed by atoms with Crippen LogP contribution in [0.2, 0.25) is 0 Å². The lowest BCUT2D eigenvalue weighted by atomic mass is 10.1.